The van der Waals surface area contributed by atoms with Crippen LogP contribution in [0.3, 0.4) is 0 Å². The van der Waals surface area contributed by atoms with E-state index in [0.29, 0.717) is 18.7 Å². The Morgan fingerprint density at radius 3 is 3.00 bits per heavy atom. The Bertz CT molecular complexity index is 467. The first kappa shape index (κ1) is 11.0. The Hall–Kier alpha value is -1.54. The molecule has 1 aromatic rings. The molecular formula is C11H10BrN3O. The van der Waals surface area contributed by atoms with Gasteiger partial charge in [0, 0.05) is 17.6 Å². The Labute approximate surface area is 102 Å². The topological polar surface area (TPSA) is 56.1 Å². The molecule has 0 aliphatic carbocycles. The highest BCUT2D eigenvalue weighted by Crippen LogP contribution is 2.24. The lowest BCUT2D eigenvalue weighted by Crippen LogP contribution is -2.47. The minimum absolute atomic E-state index is 0.00452. The maximum Gasteiger partial charge on any atom is 0.239 e. The number of halogens is 1. The standard InChI is InChI=1S/C11H10BrN3O/c12-9-2-1-8(6-13)10(5-9)15-4-3-14-11(16)7-15/h1-2,5H,3-4,7H2,(H,14,16). The number of nitrogens with one attached hydrogen (secondary N) is 1. The van der Waals surface area contributed by atoms with Gasteiger partial charge < -0.3 is 10.2 Å². The smallest absolute Gasteiger partial charge is 0.239 e. The van der Waals surface area contributed by atoms with Crippen LogP contribution in [0.15, 0.2) is 22.7 Å². The minimum Gasteiger partial charge on any atom is -0.359 e. The molecule has 0 saturated carbocycles. The van der Waals surface area contributed by atoms with Crippen LogP contribution in [0.2, 0.25) is 0 Å². The van der Waals surface area contributed by atoms with Crippen molar-refractivity contribution in [3.05, 3.63) is 28.2 Å². The molecule has 0 unspecified atom stereocenters. The van der Waals surface area contributed by atoms with Crippen LogP contribution in [0.25, 0.3) is 0 Å². The molecule has 1 heterocycles. The zero-order valence-corrected chi connectivity index (χ0v) is 10.1. The molecule has 2 rings (SSSR count). The number of hydrogen-bond donors (Lipinski definition) is 1. The summed E-state index contributed by atoms with van der Waals surface area (Å²) in [6, 6.07) is 7.59. The molecule has 1 aliphatic rings. The molecule has 1 amide bonds. The monoisotopic (exact) mass is 279 g/mol. The molecule has 5 heteroatoms. The summed E-state index contributed by atoms with van der Waals surface area (Å²) in [5.41, 5.74) is 1.41. The van der Waals surface area contributed by atoms with Crippen LogP contribution in [-0.4, -0.2) is 25.5 Å². The van der Waals surface area contributed by atoms with Gasteiger partial charge in [-0.2, -0.15) is 5.26 Å². The van der Waals surface area contributed by atoms with Crippen molar-refractivity contribution in [1.29, 1.82) is 5.26 Å². The number of piperazine rings is 1. The summed E-state index contributed by atoms with van der Waals surface area (Å²) in [5.74, 6) is -0.00452. The van der Waals surface area contributed by atoms with E-state index in [1.54, 1.807) is 6.07 Å². The average Bonchev–Trinajstić information content (AvgIpc) is 2.29. The Kier molecular flexibility index (Phi) is 3.11. The molecule has 82 valence electrons. The van der Waals surface area contributed by atoms with Crippen molar-refractivity contribution in [3.8, 4) is 6.07 Å². The van der Waals surface area contributed by atoms with Crippen molar-refractivity contribution in [1.82, 2.24) is 5.32 Å². The third kappa shape index (κ3) is 2.17. The van der Waals surface area contributed by atoms with Crippen LogP contribution < -0.4 is 10.2 Å². The van der Waals surface area contributed by atoms with Gasteiger partial charge in [-0.05, 0) is 18.2 Å². The Balaban J connectivity index is 2.35. The van der Waals surface area contributed by atoms with E-state index in [4.69, 9.17) is 5.26 Å². The zero-order chi connectivity index (χ0) is 11.5. The van der Waals surface area contributed by atoms with Gasteiger partial charge in [0.05, 0.1) is 17.8 Å². The van der Waals surface area contributed by atoms with Gasteiger partial charge in [-0.25, -0.2) is 0 Å². The molecular weight excluding hydrogens is 270 g/mol. The molecule has 1 N–H and O–H groups in total. The number of amides is 1. The first-order valence-electron chi connectivity index (χ1n) is 4.92. The summed E-state index contributed by atoms with van der Waals surface area (Å²) >= 11 is 3.37. The van der Waals surface area contributed by atoms with E-state index in [9.17, 15) is 4.79 Å². The highest BCUT2D eigenvalue weighted by atomic mass is 79.9. The summed E-state index contributed by atoms with van der Waals surface area (Å²) in [4.78, 5) is 13.2. The first-order valence-corrected chi connectivity index (χ1v) is 5.71. The number of hydrogen-bond acceptors (Lipinski definition) is 3. The summed E-state index contributed by atoms with van der Waals surface area (Å²) in [6.07, 6.45) is 0. The molecule has 1 saturated heterocycles. The van der Waals surface area contributed by atoms with Crippen LogP contribution in [0, 0.1) is 11.3 Å². The van der Waals surface area contributed by atoms with Crippen LogP contribution in [0.4, 0.5) is 5.69 Å². The normalized spacial score (nSPS) is 15.5. The molecule has 1 aromatic carbocycles. The van der Waals surface area contributed by atoms with Gasteiger partial charge in [-0.3, -0.25) is 4.79 Å². The van der Waals surface area contributed by atoms with Gasteiger partial charge >= 0.3 is 0 Å². The van der Waals surface area contributed by atoms with Gasteiger partial charge in [0.2, 0.25) is 5.91 Å². The molecule has 1 fully saturated rings. The van der Waals surface area contributed by atoms with Crippen LogP contribution in [0.1, 0.15) is 5.56 Å². The van der Waals surface area contributed by atoms with E-state index in [-0.39, 0.29) is 5.91 Å². The van der Waals surface area contributed by atoms with Gasteiger partial charge in [0.15, 0.2) is 0 Å². The fourth-order valence-corrected chi connectivity index (χ4v) is 2.05. The van der Waals surface area contributed by atoms with Gasteiger partial charge in [-0.1, -0.05) is 15.9 Å². The number of nitriles is 1. The van der Waals surface area contributed by atoms with E-state index in [2.05, 4.69) is 27.3 Å². The number of anilines is 1. The fraction of sp³-hybridized carbons (Fsp3) is 0.273. The second-order valence-corrected chi connectivity index (χ2v) is 4.46. The van der Waals surface area contributed by atoms with Crippen molar-refractivity contribution in [3.63, 3.8) is 0 Å². The largest absolute Gasteiger partial charge is 0.359 e. The number of carbonyl (C=O) groups excluding carboxylic acids is 1. The Morgan fingerprint density at radius 1 is 1.50 bits per heavy atom. The van der Waals surface area contributed by atoms with Crippen LogP contribution in [-0.2, 0) is 4.79 Å². The SMILES string of the molecule is N#Cc1ccc(Br)cc1N1CCNC(=O)C1. The molecule has 1 aliphatic heterocycles. The lowest BCUT2D eigenvalue weighted by molar-refractivity contribution is -0.120. The lowest BCUT2D eigenvalue weighted by Gasteiger charge is -2.29. The third-order valence-corrected chi connectivity index (χ3v) is 2.95. The second-order valence-electron chi connectivity index (χ2n) is 3.54. The van der Waals surface area contributed by atoms with E-state index < -0.39 is 0 Å². The van der Waals surface area contributed by atoms with Crippen molar-refractivity contribution in [2.24, 2.45) is 0 Å². The molecule has 4 nitrogen and oxygen atoms in total. The van der Waals surface area contributed by atoms with Gasteiger partial charge in [-0.15, -0.1) is 0 Å². The maximum atomic E-state index is 11.3. The number of benzene rings is 1. The first-order chi connectivity index (χ1) is 7.70. The number of nitrogens with zero attached hydrogens (tertiary/aromatic N) is 2. The summed E-state index contributed by atoms with van der Waals surface area (Å²) in [5, 5.41) is 11.8. The summed E-state index contributed by atoms with van der Waals surface area (Å²) < 4.78 is 0.910. The molecule has 0 radical (unpaired) electrons. The van der Waals surface area contributed by atoms with Crippen molar-refractivity contribution >= 4 is 27.5 Å². The van der Waals surface area contributed by atoms with Crippen molar-refractivity contribution < 1.29 is 4.79 Å². The molecule has 0 spiro atoms. The number of rotatable bonds is 1. The molecule has 16 heavy (non-hydrogen) atoms. The van der Waals surface area contributed by atoms with Crippen molar-refractivity contribution in [2.45, 2.75) is 0 Å². The highest BCUT2D eigenvalue weighted by molar-refractivity contribution is 9.10. The zero-order valence-electron chi connectivity index (χ0n) is 8.53. The summed E-state index contributed by atoms with van der Waals surface area (Å²) in [6.45, 7) is 1.66. The fourth-order valence-electron chi connectivity index (χ4n) is 1.71. The lowest BCUT2D eigenvalue weighted by atomic mass is 10.1. The Morgan fingerprint density at radius 2 is 2.31 bits per heavy atom. The third-order valence-electron chi connectivity index (χ3n) is 2.46. The minimum atomic E-state index is -0.00452. The van der Waals surface area contributed by atoms with Gasteiger partial charge in [0.1, 0.15) is 6.07 Å². The van der Waals surface area contributed by atoms with E-state index in [1.165, 1.54) is 0 Å². The van der Waals surface area contributed by atoms with Crippen LogP contribution >= 0.6 is 15.9 Å². The summed E-state index contributed by atoms with van der Waals surface area (Å²) in [7, 11) is 0. The maximum absolute atomic E-state index is 11.3. The molecule has 0 atom stereocenters. The van der Waals surface area contributed by atoms with E-state index in [0.717, 1.165) is 16.7 Å². The van der Waals surface area contributed by atoms with Gasteiger partial charge in [0.25, 0.3) is 0 Å². The van der Waals surface area contributed by atoms with E-state index >= 15 is 0 Å². The van der Waals surface area contributed by atoms with Crippen LogP contribution in [0.5, 0.6) is 0 Å². The average molecular weight is 280 g/mol. The predicted molar refractivity (Wildman–Crippen MR) is 64.1 cm³/mol. The van der Waals surface area contributed by atoms with E-state index in [1.807, 2.05) is 17.0 Å². The molecule has 0 bridgehead atoms. The molecule has 0 aromatic heterocycles. The second kappa shape index (κ2) is 4.54. The van der Waals surface area contributed by atoms with Crippen molar-refractivity contribution in [2.75, 3.05) is 24.5 Å². The predicted octanol–water partition coefficient (Wildman–Crippen LogP) is 1.26. The highest BCUT2D eigenvalue weighted by Gasteiger charge is 2.18. The number of carbonyl (C=O) groups is 1. The quantitative estimate of drug-likeness (QED) is 0.842.